The Balaban J connectivity index is 2.02. The quantitative estimate of drug-likeness (QED) is 0.745. The van der Waals surface area contributed by atoms with Crippen molar-refractivity contribution in [3.8, 4) is 22.1 Å². The molecule has 0 bridgehead atoms. The first-order chi connectivity index (χ1) is 11.9. The molecule has 0 spiro atoms. The van der Waals surface area contributed by atoms with E-state index in [2.05, 4.69) is 10.3 Å². The zero-order valence-corrected chi connectivity index (χ0v) is 15.1. The molecule has 2 rings (SSSR count). The Labute approximate surface area is 149 Å². The van der Waals surface area contributed by atoms with Crippen LogP contribution in [0.5, 0.6) is 11.5 Å². The van der Waals surface area contributed by atoms with E-state index in [1.165, 1.54) is 11.3 Å². The molecule has 8 heteroatoms. The second kappa shape index (κ2) is 8.48. The first kappa shape index (κ1) is 18.7. The van der Waals surface area contributed by atoms with Crippen molar-refractivity contribution in [1.29, 1.82) is 0 Å². The number of thiazole rings is 1. The van der Waals surface area contributed by atoms with Gasteiger partial charge in [0, 0.05) is 17.5 Å². The molecule has 2 N–H and O–H groups in total. The number of carbonyl (C=O) groups excluding carboxylic acids is 1. The molecule has 1 amide bonds. The number of aromatic nitrogens is 1. The number of carbonyl (C=O) groups is 2. The Morgan fingerprint density at radius 1 is 1.28 bits per heavy atom. The second-order valence-electron chi connectivity index (χ2n) is 5.43. The molecule has 0 aliphatic heterocycles. The predicted octanol–water partition coefficient (Wildman–Crippen LogP) is 2.21. The van der Waals surface area contributed by atoms with E-state index in [0.29, 0.717) is 17.2 Å². The van der Waals surface area contributed by atoms with Crippen LogP contribution in [0.4, 0.5) is 0 Å². The molecule has 1 unspecified atom stereocenters. The van der Waals surface area contributed by atoms with E-state index in [-0.39, 0.29) is 18.9 Å². The number of benzene rings is 1. The Hall–Kier alpha value is -2.61. The zero-order valence-electron chi connectivity index (χ0n) is 14.2. The summed E-state index contributed by atoms with van der Waals surface area (Å²) in [6.45, 7) is 1.64. The lowest BCUT2D eigenvalue weighted by molar-refractivity contribution is -0.141. The number of nitrogens with zero attached hydrogens (tertiary/aromatic N) is 1. The van der Waals surface area contributed by atoms with Crippen LogP contribution in [-0.4, -0.2) is 42.7 Å². The topological polar surface area (TPSA) is 97.8 Å². The van der Waals surface area contributed by atoms with E-state index in [1.54, 1.807) is 27.2 Å². The van der Waals surface area contributed by atoms with Crippen LogP contribution < -0.4 is 14.8 Å². The summed E-state index contributed by atoms with van der Waals surface area (Å²) >= 11 is 1.42. The van der Waals surface area contributed by atoms with E-state index in [4.69, 9.17) is 14.6 Å². The van der Waals surface area contributed by atoms with Crippen LogP contribution >= 0.6 is 11.3 Å². The van der Waals surface area contributed by atoms with Gasteiger partial charge < -0.3 is 19.9 Å². The van der Waals surface area contributed by atoms with Crippen LogP contribution in [0.15, 0.2) is 23.6 Å². The van der Waals surface area contributed by atoms with Crippen LogP contribution in [0.3, 0.4) is 0 Å². The molecule has 1 atom stereocenters. The van der Waals surface area contributed by atoms with Crippen LogP contribution in [0.25, 0.3) is 10.6 Å². The lowest BCUT2D eigenvalue weighted by Crippen LogP contribution is -2.32. The van der Waals surface area contributed by atoms with Crippen molar-refractivity contribution in [2.45, 2.75) is 13.3 Å². The molecule has 1 aromatic heterocycles. The summed E-state index contributed by atoms with van der Waals surface area (Å²) in [5, 5.41) is 14.0. The predicted molar refractivity (Wildman–Crippen MR) is 94.2 cm³/mol. The van der Waals surface area contributed by atoms with E-state index in [0.717, 1.165) is 10.6 Å². The number of nitrogens with one attached hydrogen (secondary N) is 1. The van der Waals surface area contributed by atoms with Gasteiger partial charge in [-0.05, 0) is 18.2 Å². The summed E-state index contributed by atoms with van der Waals surface area (Å²) in [6.07, 6.45) is 0.107. The third-order valence-electron chi connectivity index (χ3n) is 3.55. The second-order valence-corrected chi connectivity index (χ2v) is 6.29. The van der Waals surface area contributed by atoms with E-state index in [1.807, 2.05) is 17.5 Å². The summed E-state index contributed by atoms with van der Waals surface area (Å²) in [7, 11) is 3.14. The average molecular weight is 364 g/mol. The Morgan fingerprint density at radius 3 is 2.64 bits per heavy atom. The molecule has 0 aliphatic rings. The van der Waals surface area contributed by atoms with Crippen molar-refractivity contribution in [2.24, 2.45) is 5.92 Å². The maximum atomic E-state index is 11.9. The highest BCUT2D eigenvalue weighted by Gasteiger charge is 2.14. The molecule has 0 aliphatic carbocycles. The monoisotopic (exact) mass is 364 g/mol. The molecule has 0 fully saturated rings. The lowest BCUT2D eigenvalue weighted by atomic mass is 10.2. The smallest absolute Gasteiger partial charge is 0.308 e. The van der Waals surface area contributed by atoms with Gasteiger partial charge in [0.15, 0.2) is 11.5 Å². The normalized spacial score (nSPS) is 11.6. The summed E-state index contributed by atoms with van der Waals surface area (Å²) in [6, 6.07) is 5.50. The number of amides is 1. The molecule has 25 heavy (non-hydrogen) atoms. The number of ether oxygens (including phenoxy) is 2. The summed E-state index contributed by atoms with van der Waals surface area (Å²) < 4.78 is 10.5. The summed E-state index contributed by atoms with van der Waals surface area (Å²) in [5.74, 6) is -0.573. The molecule has 7 nitrogen and oxygen atoms in total. The number of hydrogen-bond donors (Lipinski definition) is 2. The van der Waals surface area contributed by atoms with Gasteiger partial charge in [-0.2, -0.15) is 0 Å². The van der Waals surface area contributed by atoms with Crippen molar-refractivity contribution in [2.75, 3.05) is 20.8 Å². The molecule has 1 aromatic carbocycles. The van der Waals surface area contributed by atoms with Crippen LogP contribution in [0.2, 0.25) is 0 Å². The highest BCUT2D eigenvalue weighted by molar-refractivity contribution is 7.13. The summed E-state index contributed by atoms with van der Waals surface area (Å²) in [4.78, 5) is 27.1. The van der Waals surface area contributed by atoms with Gasteiger partial charge in [-0.25, -0.2) is 4.98 Å². The number of rotatable bonds is 8. The standard InChI is InChI=1S/C17H20N2O5S/c1-10(17(21)22)8-18-15(20)7-12-9-25-16(19-12)11-4-5-13(23-2)14(6-11)24-3/h4-6,9-10H,7-8H2,1-3H3,(H,18,20)(H,21,22). The first-order valence-corrected chi connectivity index (χ1v) is 8.48. The zero-order chi connectivity index (χ0) is 18.4. The lowest BCUT2D eigenvalue weighted by Gasteiger charge is -2.08. The maximum absolute atomic E-state index is 11.9. The van der Waals surface area contributed by atoms with Gasteiger partial charge in [0.2, 0.25) is 5.91 Å². The number of aliphatic carboxylic acids is 1. The SMILES string of the molecule is COc1ccc(-c2nc(CC(=O)NCC(C)C(=O)O)cs2)cc1OC. The van der Waals surface area contributed by atoms with Crippen LogP contribution in [-0.2, 0) is 16.0 Å². The highest BCUT2D eigenvalue weighted by Crippen LogP contribution is 2.33. The number of hydrogen-bond acceptors (Lipinski definition) is 6. The summed E-state index contributed by atoms with van der Waals surface area (Å²) in [5.41, 5.74) is 1.50. The van der Waals surface area contributed by atoms with Crippen molar-refractivity contribution in [3.05, 3.63) is 29.3 Å². The minimum absolute atomic E-state index is 0.0981. The number of methoxy groups -OCH3 is 2. The Kier molecular flexibility index (Phi) is 6.35. The molecule has 0 saturated carbocycles. The number of carboxylic acid groups (broad SMARTS) is 1. The fourth-order valence-electron chi connectivity index (χ4n) is 2.07. The molecule has 134 valence electrons. The van der Waals surface area contributed by atoms with E-state index < -0.39 is 11.9 Å². The first-order valence-electron chi connectivity index (χ1n) is 7.61. The molecule has 2 aromatic rings. The van der Waals surface area contributed by atoms with Crippen molar-refractivity contribution >= 4 is 23.2 Å². The van der Waals surface area contributed by atoms with Gasteiger partial charge in [0.1, 0.15) is 5.01 Å². The molecule has 1 heterocycles. The van der Waals surface area contributed by atoms with Gasteiger partial charge >= 0.3 is 5.97 Å². The molecule has 0 saturated heterocycles. The minimum atomic E-state index is -0.940. The fraction of sp³-hybridized carbons (Fsp3) is 0.353. The maximum Gasteiger partial charge on any atom is 0.308 e. The van der Waals surface area contributed by atoms with Crippen molar-refractivity contribution in [3.63, 3.8) is 0 Å². The van der Waals surface area contributed by atoms with E-state index in [9.17, 15) is 9.59 Å². The van der Waals surface area contributed by atoms with Gasteiger partial charge in [-0.15, -0.1) is 11.3 Å². The van der Waals surface area contributed by atoms with Gasteiger partial charge in [-0.1, -0.05) is 6.92 Å². The molecular formula is C17H20N2O5S. The minimum Gasteiger partial charge on any atom is -0.493 e. The Morgan fingerprint density at radius 2 is 2.00 bits per heavy atom. The largest absolute Gasteiger partial charge is 0.493 e. The van der Waals surface area contributed by atoms with Gasteiger partial charge in [-0.3, -0.25) is 9.59 Å². The van der Waals surface area contributed by atoms with Crippen molar-refractivity contribution < 1.29 is 24.2 Å². The molecular weight excluding hydrogens is 344 g/mol. The third-order valence-corrected chi connectivity index (χ3v) is 4.49. The van der Waals surface area contributed by atoms with E-state index >= 15 is 0 Å². The Bertz CT molecular complexity index is 759. The fourth-order valence-corrected chi connectivity index (χ4v) is 2.89. The average Bonchev–Trinajstić information content (AvgIpc) is 3.07. The van der Waals surface area contributed by atoms with Gasteiger partial charge in [0.25, 0.3) is 0 Å². The van der Waals surface area contributed by atoms with Gasteiger partial charge in [0.05, 0.1) is 32.3 Å². The molecule has 0 radical (unpaired) electrons. The van der Waals surface area contributed by atoms with Crippen LogP contribution in [0.1, 0.15) is 12.6 Å². The highest BCUT2D eigenvalue weighted by atomic mass is 32.1. The van der Waals surface area contributed by atoms with Crippen LogP contribution in [0, 0.1) is 5.92 Å². The van der Waals surface area contributed by atoms with Crippen molar-refractivity contribution in [1.82, 2.24) is 10.3 Å². The number of carboxylic acids is 1. The third kappa shape index (κ3) is 4.93.